The van der Waals surface area contributed by atoms with Crippen LogP contribution < -0.4 is 0 Å². The van der Waals surface area contributed by atoms with Gasteiger partial charge in [-0.25, -0.2) is 0 Å². The molecule has 6 fully saturated rings. The number of ether oxygens (including phenoxy) is 10. The molecule has 0 bridgehead atoms. The van der Waals surface area contributed by atoms with Crippen molar-refractivity contribution in [3.63, 3.8) is 0 Å². The van der Waals surface area contributed by atoms with Gasteiger partial charge >= 0.3 is 0 Å². The summed E-state index contributed by atoms with van der Waals surface area (Å²) in [5.41, 5.74) is 0. The van der Waals surface area contributed by atoms with Gasteiger partial charge in [-0.2, -0.15) is 0 Å². The Bertz CT molecular complexity index is 931. The van der Waals surface area contributed by atoms with Crippen LogP contribution in [0.25, 0.3) is 0 Å². The van der Waals surface area contributed by atoms with Crippen molar-refractivity contribution >= 4 is 0 Å². The Morgan fingerprint density at radius 2 is 0.745 bits per heavy atom. The van der Waals surface area contributed by atoms with Crippen molar-refractivity contribution in [1.29, 1.82) is 0 Å². The molecule has 2 aliphatic heterocycles. The van der Waals surface area contributed by atoms with Gasteiger partial charge in [0.15, 0.2) is 5.79 Å². The maximum absolute atomic E-state index is 10.5. The Kier molecular flexibility index (Phi) is 18.7. The average Bonchev–Trinajstić information content (AvgIpc) is 4.15. The van der Waals surface area contributed by atoms with E-state index in [0.717, 1.165) is 129 Å². The lowest BCUT2D eigenvalue weighted by Crippen LogP contribution is -2.35. The molecule has 0 aromatic heterocycles. The van der Waals surface area contributed by atoms with Gasteiger partial charge in [-0.05, 0) is 140 Å². The fourth-order valence-electron chi connectivity index (χ4n) is 8.69. The molecular formula is C43H76O12. The van der Waals surface area contributed by atoms with Crippen LogP contribution in [0.3, 0.4) is 0 Å². The van der Waals surface area contributed by atoms with E-state index in [1.165, 1.54) is 0 Å². The maximum atomic E-state index is 10.5. The Morgan fingerprint density at radius 3 is 1.07 bits per heavy atom. The summed E-state index contributed by atoms with van der Waals surface area (Å²) in [7, 11) is 0. The van der Waals surface area contributed by atoms with E-state index in [4.69, 9.17) is 47.4 Å². The van der Waals surface area contributed by atoms with Crippen LogP contribution in [0.2, 0.25) is 0 Å². The monoisotopic (exact) mass is 785 g/mol. The van der Waals surface area contributed by atoms with Crippen LogP contribution in [-0.2, 0) is 47.4 Å². The van der Waals surface area contributed by atoms with Gasteiger partial charge in [-0.3, -0.25) is 0 Å². The van der Waals surface area contributed by atoms with Crippen molar-refractivity contribution < 1.29 is 57.6 Å². The van der Waals surface area contributed by atoms with Gasteiger partial charge in [0.25, 0.3) is 0 Å². The lowest BCUT2D eigenvalue weighted by Gasteiger charge is -2.34. The van der Waals surface area contributed by atoms with Gasteiger partial charge in [0.05, 0.1) is 90.5 Å². The highest BCUT2D eigenvalue weighted by molar-refractivity contribution is 4.79. The molecule has 12 nitrogen and oxygen atoms in total. The van der Waals surface area contributed by atoms with Gasteiger partial charge < -0.3 is 57.6 Å². The van der Waals surface area contributed by atoms with Gasteiger partial charge in [-0.15, -0.1) is 0 Å². The second-order valence-corrected chi connectivity index (χ2v) is 18.2. The number of aliphatic hydroxyl groups excluding tert-OH is 2. The molecule has 4 aliphatic carbocycles. The summed E-state index contributed by atoms with van der Waals surface area (Å²) in [5, 5.41) is 20.9. The van der Waals surface area contributed by atoms with Gasteiger partial charge in [0, 0.05) is 13.2 Å². The summed E-state index contributed by atoms with van der Waals surface area (Å²) in [6.07, 6.45) is 17.7. The van der Waals surface area contributed by atoms with Crippen molar-refractivity contribution in [3.8, 4) is 0 Å². The van der Waals surface area contributed by atoms with Crippen molar-refractivity contribution in [1.82, 2.24) is 0 Å². The summed E-state index contributed by atoms with van der Waals surface area (Å²) in [6, 6.07) is 0. The zero-order chi connectivity index (χ0) is 38.3. The van der Waals surface area contributed by atoms with Crippen molar-refractivity contribution in [2.75, 3.05) is 79.3 Å². The predicted octanol–water partition coefficient (Wildman–Crippen LogP) is 5.61. The highest BCUT2D eigenvalue weighted by atomic mass is 16.7. The zero-order valence-corrected chi connectivity index (χ0v) is 34.2. The van der Waals surface area contributed by atoms with Crippen molar-refractivity contribution in [2.45, 2.75) is 171 Å². The Balaban J connectivity index is 0.713. The van der Waals surface area contributed by atoms with Crippen LogP contribution >= 0.6 is 0 Å². The molecule has 12 heteroatoms. The molecule has 0 amide bonds. The van der Waals surface area contributed by atoms with Crippen LogP contribution in [0, 0.1) is 23.7 Å². The first-order valence-corrected chi connectivity index (χ1v) is 22.2. The van der Waals surface area contributed by atoms with Gasteiger partial charge in [-0.1, -0.05) is 0 Å². The number of rotatable bonds is 26. The average molecular weight is 785 g/mol. The molecule has 55 heavy (non-hydrogen) atoms. The Hall–Kier alpha value is -0.480. The minimum Gasteiger partial charge on any atom is -0.388 e. The van der Waals surface area contributed by atoms with E-state index in [-0.39, 0.29) is 12.2 Å². The second kappa shape index (κ2) is 23.3. The molecule has 6 rings (SSSR count). The Morgan fingerprint density at radius 1 is 0.436 bits per heavy atom. The molecule has 0 aromatic carbocycles. The summed E-state index contributed by atoms with van der Waals surface area (Å²) < 4.78 is 58.9. The van der Waals surface area contributed by atoms with E-state index >= 15 is 0 Å². The predicted molar refractivity (Wildman–Crippen MR) is 206 cm³/mol. The molecule has 0 spiro atoms. The molecular weight excluding hydrogens is 708 g/mol. The summed E-state index contributed by atoms with van der Waals surface area (Å²) in [5.74, 6) is 1.48. The van der Waals surface area contributed by atoms with E-state index in [1.54, 1.807) is 0 Å². The fraction of sp³-hybridized carbons (Fsp3) is 1.00. The van der Waals surface area contributed by atoms with E-state index in [2.05, 4.69) is 0 Å². The molecule has 4 unspecified atom stereocenters. The molecule has 0 radical (unpaired) electrons. The molecule has 0 aromatic rings. The molecule has 320 valence electrons. The lowest BCUT2D eigenvalue weighted by atomic mass is 9.87. The number of hydrogen-bond acceptors (Lipinski definition) is 12. The summed E-state index contributed by atoms with van der Waals surface area (Å²) in [6.45, 7) is 11.4. The van der Waals surface area contributed by atoms with Gasteiger partial charge in [0.2, 0.25) is 0 Å². The first-order chi connectivity index (χ1) is 26.7. The quantitative estimate of drug-likeness (QED) is 0.0833. The standard InChI is InChI=1S/C43H76O12/c1-43(2,54-21-33-7-15-37(16-8-33)48-25-35(44)23-46-19-31-3-11-39(12-4-31)50-27-41-29-52-41)55-22-34-9-17-38(18-10-34)49-26-36(45)24-47-20-32-5-13-40(14-6-32)51-28-42-30-53-42/h31-42,44-45H,3-30H2,1-2H3. The minimum atomic E-state index is -0.619. The number of hydrogen-bond donors (Lipinski definition) is 2. The van der Waals surface area contributed by atoms with E-state index in [9.17, 15) is 10.2 Å². The normalized spacial score (nSPS) is 35.3. The maximum Gasteiger partial charge on any atom is 0.162 e. The molecule has 4 atom stereocenters. The van der Waals surface area contributed by atoms with Gasteiger partial charge in [0.1, 0.15) is 24.4 Å². The zero-order valence-electron chi connectivity index (χ0n) is 34.2. The SMILES string of the molecule is CC(C)(OCC1CCC(OCC(O)COCC2CCC(OCC3CO3)CC2)CC1)OCC1CCC(OCC(O)COCC2CCC(OCC3CO3)CC2)CC1. The van der Waals surface area contributed by atoms with E-state index < -0.39 is 18.0 Å². The van der Waals surface area contributed by atoms with Crippen molar-refractivity contribution in [2.24, 2.45) is 23.7 Å². The van der Waals surface area contributed by atoms with E-state index in [0.29, 0.717) is 101 Å². The van der Waals surface area contributed by atoms with Crippen LogP contribution in [0.1, 0.15) is 117 Å². The first kappa shape index (κ1) is 44.1. The smallest absolute Gasteiger partial charge is 0.162 e. The number of epoxide rings is 2. The third-order valence-corrected chi connectivity index (χ3v) is 12.7. The van der Waals surface area contributed by atoms with E-state index in [1.807, 2.05) is 13.8 Å². The third kappa shape index (κ3) is 17.7. The molecule has 4 saturated carbocycles. The highest BCUT2D eigenvalue weighted by Crippen LogP contribution is 2.32. The number of aliphatic hydroxyl groups is 2. The summed E-state index contributed by atoms with van der Waals surface area (Å²) in [4.78, 5) is 0. The van der Waals surface area contributed by atoms with Crippen molar-refractivity contribution in [3.05, 3.63) is 0 Å². The molecule has 2 saturated heterocycles. The minimum absolute atomic E-state index is 0.191. The van der Waals surface area contributed by atoms with Crippen LogP contribution in [0.4, 0.5) is 0 Å². The molecule has 2 heterocycles. The second-order valence-electron chi connectivity index (χ2n) is 18.2. The third-order valence-electron chi connectivity index (χ3n) is 12.7. The topological polar surface area (TPSA) is 139 Å². The molecule has 2 N–H and O–H groups in total. The van der Waals surface area contributed by atoms with Crippen LogP contribution in [-0.4, -0.2) is 144 Å². The summed E-state index contributed by atoms with van der Waals surface area (Å²) >= 11 is 0. The highest BCUT2D eigenvalue weighted by Gasteiger charge is 2.31. The Labute approximate surface area is 331 Å². The van der Waals surface area contributed by atoms with Crippen LogP contribution in [0.15, 0.2) is 0 Å². The fourth-order valence-corrected chi connectivity index (χ4v) is 8.69. The first-order valence-electron chi connectivity index (χ1n) is 22.2. The van der Waals surface area contributed by atoms with Crippen LogP contribution in [0.5, 0.6) is 0 Å². The molecule has 6 aliphatic rings. The lowest BCUT2D eigenvalue weighted by molar-refractivity contribution is -0.228. The largest absolute Gasteiger partial charge is 0.388 e.